The summed E-state index contributed by atoms with van der Waals surface area (Å²) in [7, 11) is 0. The first-order valence-corrected chi connectivity index (χ1v) is 8.16. The van der Waals surface area contributed by atoms with Gasteiger partial charge in [-0.3, -0.25) is 9.59 Å². The van der Waals surface area contributed by atoms with Crippen LogP contribution in [-0.4, -0.2) is 24.5 Å². The minimum Gasteiger partial charge on any atom is -0.492 e. The quantitative estimate of drug-likeness (QED) is 0.762. The maximum absolute atomic E-state index is 12.3. The van der Waals surface area contributed by atoms with E-state index in [2.05, 4.69) is 10.6 Å². The smallest absolute Gasteiger partial charge is 0.246 e. The van der Waals surface area contributed by atoms with E-state index in [0.29, 0.717) is 18.0 Å². The maximum Gasteiger partial charge on any atom is 0.246 e. The molecule has 1 atom stereocenters. The molecule has 0 saturated heterocycles. The van der Waals surface area contributed by atoms with Gasteiger partial charge in [-0.1, -0.05) is 42.5 Å². The molecule has 5 nitrogen and oxygen atoms in total. The molecule has 0 bridgehead atoms. The summed E-state index contributed by atoms with van der Waals surface area (Å²) in [5, 5.41) is 5.41. The van der Waals surface area contributed by atoms with Crippen LogP contribution in [0, 0.1) is 0 Å². The number of benzene rings is 2. The zero-order chi connectivity index (χ0) is 18.1. The molecular formula is C20H22N2O3. The third-order valence-electron chi connectivity index (χ3n) is 3.42. The Morgan fingerprint density at radius 3 is 2.48 bits per heavy atom. The van der Waals surface area contributed by atoms with Gasteiger partial charge in [0.05, 0.1) is 12.3 Å². The highest BCUT2D eigenvalue weighted by Gasteiger charge is 2.16. The summed E-state index contributed by atoms with van der Waals surface area (Å²) in [6.45, 7) is 4.01. The molecule has 130 valence electrons. The van der Waals surface area contributed by atoms with Gasteiger partial charge in [0.2, 0.25) is 11.8 Å². The summed E-state index contributed by atoms with van der Waals surface area (Å²) in [6.07, 6.45) is 3.11. The fourth-order valence-corrected chi connectivity index (χ4v) is 2.16. The van der Waals surface area contributed by atoms with Crippen molar-refractivity contribution in [3.8, 4) is 5.75 Å². The van der Waals surface area contributed by atoms with Crippen LogP contribution in [0.5, 0.6) is 5.75 Å². The number of carbonyl (C=O) groups is 2. The first-order chi connectivity index (χ1) is 12.1. The number of amides is 2. The van der Waals surface area contributed by atoms with Gasteiger partial charge in [0.25, 0.3) is 0 Å². The molecule has 0 aliphatic carbocycles. The fraction of sp³-hybridized carbons (Fsp3) is 0.200. The predicted octanol–water partition coefficient (Wildman–Crippen LogP) is 3.24. The molecule has 2 aromatic carbocycles. The summed E-state index contributed by atoms with van der Waals surface area (Å²) in [5.74, 6) is -0.0425. The normalized spacial score (nSPS) is 11.8. The van der Waals surface area contributed by atoms with Gasteiger partial charge in [0.15, 0.2) is 0 Å². The Hall–Kier alpha value is -3.08. The summed E-state index contributed by atoms with van der Waals surface area (Å²) in [6, 6.07) is 16.0. The van der Waals surface area contributed by atoms with Crippen LogP contribution >= 0.6 is 0 Å². The molecule has 0 aliphatic rings. The van der Waals surface area contributed by atoms with Crippen LogP contribution in [0.15, 0.2) is 60.7 Å². The summed E-state index contributed by atoms with van der Waals surface area (Å²) in [4.78, 5) is 24.2. The highest BCUT2D eigenvalue weighted by molar-refractivity contribution is 6.00. The van der Waals surface area contributed by atoms with E-state index in [9.17, 15) is 9.59 Å². The highest BCUT2D eigenvalue weighted by Crippen LogP contribution is 2.23. The van der Waals surface area contributed by atoms with Gasteiger partial charge in [-0.05, 0) is 37.6 Å². The predicted molar refractivity (Wildman–Crippen MR) is 99.3 cm³/mol. The van der Waals surface area contributed by atoms with Crippen LogP contribution in [-0.2, 0) is 9.59 Å². The number of ether oxygens (including phenoxy) is 1. The Morgan fingerprint density at radius 1 is 1.08 bits per heavy atom. The lowest BCUT2D eigenvalue weighted by molar-refractivity contribution is -0.123. The van der Waals surface area contributed by atoms with Crippen molar-refractivity contribution in [2.24, 2.45) is 0 Å². The number of rotatable bonds is 7. The van der Waals surface area contributed by atoms with Gasteiger partial charge in [-0.15, -0.1) is 0 Å². The number of carbonyl (C=O) groups excluding carboxylic acids is 2. The van der Waals surface area contributed by atoms with Crippen LogP contribution < -0.4 is 15.4 Å². The fourth-order valence-electron chi connectivity index (χ4n) is 2.16. The second-order valence-corrected chi connectivity index (χ2v) is 5.39. The largest absolute Gasteiger partial charge is 0.492 e. The molecule has 0 radical (unpaired) electrons. The SMILES string of the molecule is CCOc1ccccc1NC(=O)C(C)NC(=O)/C=C/c1ccccc1. The third-order valence-corrected chi connectivity index (χ3v) is 3.42. The van der Waals surface area contributed by atoms with Crippen molar-refractivity contribution in [2.45, 2.75) is 19.9 Å². The molecule has 2 aromatic rings. The lowest BCUT2D eigenvalue weighted by Gasteiger charge is -2.15. The monoisotopic (exact) mass is 338 g/mol. The van der Waals surface area contributed by atoms with Gasteiger partial charge in [-0.25, -0.2) is 0 Å². The van der Waals surface area contributed by atoms with Crippen molar-refractivity contribution < 1.29 is 14.3 Å². The van der Waals surface area contributed by atoms with Gasteiger partial charge < -0.3 is 15.4 Å². The zero-order valence-corrected chi connectivity index (χ0v) is 14.4. The van der Waals surface area contributed by atoms with E-state index in [1.54, 1.807) is 25.1 Å². The van der Waals surface area contributed by atoms with Gasteiger partial charge >= 0.3 is 0 Å². The molecule has 25 heavy (non-hydrogen) atoms. The molecule has 1 unspecified atom stereocenters. The minimum atomic E-state index is -0.678. The van der Waals surface area contributed by atoms with Crippen LogP contribution in [0.25, 0.3) is 6.08 Å². The molecule has 2 rings (SSSR count). The van der Waals surface area contributed by atoms with Gasteiger partial charge in [-0.2, -0.15) is 0 Å². The van der Waals surface area contributed by atoms with Crippen molar-refractivity contribution in [1.29, 1.82) is 0 Å². The van der Waals surface area contributed by atoms with Crippen LogP contribution in [0.3, 0.4) is 0 Å². The van der Waals surface area contributed by atoms with E-state index in [-0.39, 0.29) is 11.8 Å². The van der Waals surface area contributed by atoms with Crippen LogP contribution in [0.1, 0.15) is 19.4 Å². The Labute approximate surface area is 147 Å². The highest BCUT2D eigenvalue weighted by atomic mass is 16.5. The Bertz CT molecular complexity index is 742. The van der Waals surface area contributed by atoms with Crippen LogP contribution in [0.2, 0.25) is 0 Å². The first-order valence-electron chi connectivity index (χ1n) is 8.16. The van der Waals surface area contributed by atoms with E-state index in [1.807, 2.05) is 49.4 Å². The number of hydrogen-bond donors (Lipinski definition) is 2. The van der Waals surface area contributed by atoms with Crippen molar-refractivity contribution in [1.82, 2.24) is 5.32 Å². The number of para-hydroxylation sites is 2. The van der Waals surface area contributed by atoms with Crippen molar-refractivity contribution >= 4 is 23.6 Å². The van der Waals surface area contributed by atoms with Crippen molar-refractivity contribution in [2.75, 3.05) is 11.9 Å². The zero-order valence-electron chi connectivity index (χ0n) is 14.4. The number of nitrogens with one attached hydrogen (secondary N) is 2. The Balaban J connectivity index is 1.92. The van der Waals surface area contributed by atoms with Crippen LogP contribution in [0.4, 0.5) is 5.69 Å². The molecule has 0 spiro atoms. The topological polar surface area (TPSA) is 67.4 Å². The lowest BCUT2D eigenvalue weighted by Crippen LogP contribution is -2.40. The van der Waals surface area contributed by atoms with E-state index >= 15 is 0 Å². The molecule has 0 heterocycles. The average molecular weight is 338 g/mol. The standard InChI is InChI=1S/C20H22N2O3/c1-3-25-18-12-8-7-11-17(18)22-20(24)15(2)21-19(23)14-13-16-9-5-4-6-10-16/h4-15H,3H2,1-2H3,(H,21,23)(H,22,24)/b14-13+. The molecular weight excluding hydrogens is 316 g/mol. The second kappa shape index (κ2) is 9.27. The molecule has 0 aliphatic heterocycles. The van der Waals surface area contributed by atoms with E-state index in [1.165, 1.54) is 6.08 Å². The first kappa shape index (κ1) is 18.3. The minimum absolute atomic E-state index is 0.311. The molecule has 2 N–H and O–H groups in total. The van der Waals surface area contributed by atoms with E-state index in [0.717, 1.165) is 5.56 Å². The lowest BCUT2D eigenvalue weighted by atomic mass is 10.2. The van der Waals surface area contributed by atoms with Crippen molar-refractivity contribution in [3.05, 3.63) is 66.2 Å². The number of hydrogen-bond acceptors (Lipinski definition) is 3. The summed E-state index contributed by atoms with van der Waals surface area (Å²) < 4.78 is 5.47. The molecule has 2 amide bonds. The van der Waals surface area contributed by atoms with E-state index in [4.69, 9.17) is 4.74 Å². The summed E-state index contributed by atoms with van der Waals surface area (Å²) >= 11 is 0. The molecule has 0 aromatic heterocycles. The Kier molecular flexibility index (Phi) is 6.77. The molecule has 0 fully saturated rings. The summed E-state index contributed by atoms with van der Waals surface area (Å²) in [5.41, 5.74) is 1.50. The third kappa shape index (κ3) is 5.80. The second-order valence-electron chi connectivity index (χ2n) is 5.39. The number of anilines is 1. The van der Waals surface area contributed by atoms with Gasteiger partial charge in [0.1, 0.15) is 11.8 Å². The molecule has 0 saturated carbocycles. The van der Waals surface area contributed by atoms with Crippen molar-refractivity contribution in [3.63, 3.8) is 0 Å². The average Bonchev–Trinajstić information content (AvgIpc) is 2.62. The van der Waals surface area contributed by atoms with E-state index < -0.39 is 6.04 Å². The molecule has 5 heteroatoms. The Morgan fingerprint density at radius 2 is 1.76 bits per heavy atom. The maximum atomic E-state index is 12.3. The van der Waals surface area contributed by atoms with Gasteiger partial charge in [0, 0.05) is 6.08 Å².